The van der Waals surface area contributed by atoms with Crippen molar-refractivity contribution >= 4 is 44.0 Å². The Morgan fingerprint density at radius 3 is 2.68 bits per heavy atom. The highest BCUT2D eigenvalue weighted by molar-refractivity contribution is 7.17. The van der Waals surface area contributed by atoms with Gasteiger partial charge < -0.3 is 14.4 Å². The predicted octanol–water partition coefficient (Wildman–Crippen LogP) is 4.76. The molecule has 0 N–H and O–H groups in total. The van der Waals surface area contributed by atoms with Crippen molar-refractivity contribution in [1.29, 1.82) is 0 Å². The SMILES string of the molecule is CCOC(=O)Cn1c(=O)ccc2ccc(OCCCCN3CCN(c4cccc5sccc45)CC3)cc21. The van der Waals surface area contributed by atoms with E-state index < -0.39 is 5.97 Å². The van der Waals surface area contributed by atoms with Crippen LogP contribution in [0.4, 0.5) is 5.69 Å². The van der Waals surface area contributed by atoms with Gasteiger partial charge in [0, 0.05) is 54.1 Å². The number of carbonyl (C=O) groups is 1. The second-order valence-corrected chi connectivity index (χ2v) is 10.2. The molecule has 3 heterocycles. The van der Waals surface area contributed by atoms with Crippen molar-refractivity contribution in [2.75, 3.05) is 50.8 Å². The number of piperazine rings is 1. The summed E-state index contributed by atoms with van der Waals surface area (Å²) >= 11 is 1.80. The Morgan fingerprint density at radius 1 is 1.00 bits per heavy atom. The standard InChI is InChI=1S/C29H33N3O4S/c1-2-35-29(34)21-32-26-20-23(10-8-22(26)9-11-28(32)33)36-18-4-3-13-30-14-16-31(17-15-30)25-6-5-7-27-24(25)12-19-37-27/h5-12,19-20H,2-4,13-18,21H2,1H3. The predicted molar refractivity (Wildman–Crippen MR) is 150 cm³/mol. The van der Waals surface area contributed by atoms with E-state index in [9.17, 15) is 9.59 Å². The molecule has 194 valence electrons. The lowest BCUT2D eigenvalue weighted by Crippen LogP contribution is -2.46. The maximum atomic E-state index is 12.4. The maximum Gasteiger partial charge on any atom is 0.326 e. The Bertz CT molecular complexity index is 1420. The Labute approximate surface area is 220 Å². The van der Waals surface area contributed by atoms with Crippen LogP contribution in [0.1, 0.15) is 19.8 Å². The third-order valence-corrected chi connectivity index (χ3v) is 7.76. The number of carbonyl (C=O) groups excluding carboxylic acids is 1. The van der Waals surface area contributed by atoms with Crippen LogP contribution in [0.25, 0.3) is 21.0 Å². The number of fused-ring (bicyclic) bond motifs is 2. The molecule has 0 unspecified atom stereocenters. The van der Waals surface area contributed by atoms with Crippen molar-refractivity contribution in [2.24, 2.45) is 0 Å². The molecule has 4 aromatic rings. The fourth-order valence-electron chi connectivity index (χ4n) is 4.95. The molecule has 1 fully saturated rings. The first-order valence-corrected chi connectivity index (χ1v) is 13.9. The van der Waals surface area contributed by atoms with E-state index in [1.54, 1.807) is 24.3 Å². The molecule has 7 nitrogen and oxygen atoms in total. The quantitative estimate of drug-likeness (QED) is 0.222. The second kappa shape index (κ2) is 11.8. The average molecular weight is 520 g/mol. The zero-order valence-corrected chi connectivity index (χ0v) is 22.0. The lowest BCUT2D eigenvalue weighted by molar-refractivity contribution is -0.143. The van der Waals surface area contributed by atoms with Gasteiger partial charge in [-0.15, -0.1) is 11.3 Å². The Balaban J connectivity index is 1.09. The molecule has 1 saturated heterocycles. The third-order valence-electron chi connectivity index (χ3n) is 6.88. The van der Waals surface area contributed by atoms with Gasteiger partial charge in [0.2, 0.25) is 0 Å². The minimum absolute atomic E-state index is 0.108. The maximum absolute atomic E-state index is 12.4. The molecule has 0 saturated carbocycles. The summed E-state index contributed by atoms with van der Waals surface area (Å²) in [5.41, 5.74) is 1.80. The average Bonchev–Trinajstić information content (AvgIpc) is 3.40. The van der Waals surface area contributed by atoms with Gasteiger partial charge in [0.1, 0.15) is 12.3 Å². The summed E-state index contributed by atoms with van der Waals surface area (Å²) in [4.78, 5) is 29.4. The van der Waals surface area contributed by atoms with Gasteiger partial charge in [-0.2, -0.15) is 0 Å². The zero-order valence-electron chi connectivity index (χ0n) is 21.2. The Morgan fingerprint density at radius 2 is 1.84 bits per heavy atom. The van der Waals surface area contributed by atoms with Crippen LogP contribution < -0.4 is 15.2 Å². The van der Waals surface area contributed by atoms with Crippen molar-refractivity contribution < 1.29 is 14.3 Å². The molecule has 2 aromatic carbocycles. The number of esters is 1. The van der Waals surface area contributed by atoms with Gasteiger partial charge in [-0.1, -0.05) is 6.07 Å². The molecule has 0 bridgehead atoms. The van der Waals surface area contributed by atoms with E-state index >= 15 is 0 Å². The number of pyridine rings is 1. The highest BCUT2D eigenvalue weighted by Crippen LogP contribution is 2.31. The number of unbranched alkanes of at least 4 members (excludes halogenated alkanes) is 1. The van der Waals surface area contributed by atoms with Gasteiger partial charge in [0.25, 0.3) is 5.56 Å². The first-order chi connectivity index (χ1) is 18.1. The van der Waals surface area contributed by atoms with Gasteiger partial charge in [-0.25, -0.2) is 0 Å². The molecule has 1 aliphatic rings. The largest absolute Gasteiger partial charge is 0.494 e. The number of ether oxygens (including phenoxy) is 2. The Kier molecular flexibility index (Phi) is 8.06. The van der Waals surface area contributed by atoms with Gasteiger partial charge in [-0.05, 0) is 73.5 Å². The van der Waals surface area contributed by atoms with E-state index in [4.69, 9.17) is 9.47 Å². The summed E-state index contributed by atoms with van der Waals surface area (Å²) in [5, 5.41) is 4.42. The van der Waals surface area contributed by atoms with E-state index in [0.29, 0.717) is 17.9 Å². The lowest BCUT2D eigenvalue weighted by Gasteiger charge is -2.36. The monoisotopic (exact) mass is 519 g/mol. The first-order valence-electron chi connectivity index (χ1n) is 13.0. The number of hydrogen-bond acceptors (Lipinski definition) is 7. The number of benzene rings is 2. The molecule has 2 aromatic heterocycles. The van der Waals surface area contributed by atoms with E-state index in [2.05, 4.69) is 39.4 Å². The Hall–Kier alpha value is -3.36. The van der Waals surface area contributed by atoms with Gasteiger partial charge in [0.15, 0.2) is 0 Å². The van der Waals surface area contributed by atoms with Crippen LogP contribution in [-0.2, 0) is 16.1 Å². The molecule has 0 spiro atoms. The smallest absolute Gasteiger partial charge is 0.326 e. The minimum Gasteiger partial charge on any atom is -0.494 e. The van der Waals surface area contributed by atoms with Crippen LogP contribution >= 0.6 is 11.3 Å². The number of nitrogens with zero attached hydrogens (tertiary/aromatic N) is 3. The number of aromatic nitrogens is 1. The number of hydrogen-bond donors (Lipinski definition) is 0. The lowest BCUT2D eigenvalue weighted by atomic mass is 10.2. The summed E-state index contributed by atoms with van der Waals surface area (Å²) in [5.74, 6) is 0.278. The molecular weight excluding hydrogens is 486 g/mol. The van der Waals surface area contributed by atoms with Crippen molar-refractivity contribution in [3.8, 4) is 5.75 Å². The van der Waals surface area contributed by atoms with Crippen LogP contribution in [0, 0.1) is 0 Å². The molecule has 8 heteroatoms. The number of thiophene rings is 1. The van der Waals surface area contributed by atoms with Gasteiger partial charge in [-0.3, -0.25) is 19.1 Å². The topological polar surface area (TPSA) is 64.0 Å². The van der Waals surface area contributed by atoms with E-state index in [1.165, 1.54) is 26.4 Å². The van der Waals surface area contributed by atoms with Crippen molar-refractivity contribution in [1.82, 2.24) is 9.47 Å². The fraction of sp³-hybridized carbons (Fsp3) is 0.379. The number of anilines is 1. The summed E-state index contributed by atoms with van der Waals surface area (Å²) in [6, 6.07) is 17.7. The highest BCUT2D eigenvalue weighted by Gasteiger charge is 2.18. The van der Waals surface area contributed by atoms with E-state index in [0.717, 1.165) is 51.0 Å². The molecule has 0 atom stereocenters. The second-order valence-electron chi connectivity index (χ2n) is 9.28. The molecular formula is C29H33N3O4S. The van der Waals surface area contributed by atoms with Crippen molar-refractivity contribution in [2.45, 2.75) is 26.3 Å². The summed E-state index contributed by atoms with van der Waals surface area (Å²) in [7, 11) is 0. The van der Waals surface area contributed by atoms with Crippen LogP contribution in [0.3, 0.4) is 0 Å². The van der Waals surface area contributed by atoms with Crippen LogP contribution in [0.5, 0.6) is 5.75 Å². The first kappa shape index (κ1) is 25.3. The van der Waals surface area contributed by atoms with Crippen LogP contribution in [-0.4, -0.2) is 61.4 Å². The van der Waals surface area contributed by atoms with E-state index in [-0.39, 0.29) is 18.7 Å². The van der Waals surface area contributed by atoms with Gasteiger partial charge in [0.05, 0.1) is 18.7 Å². The normalized spacial score (nSPS) is 14.4. The number of rotatable bonds is 10. The van der Waals surface area contributed by atoms with Crippen LogP contribution in [0.15, 0.2) is 64.8 Å². The highest BCUT2D eigenvalue weighted by atomic mass is 32.1. The molecule has 5 rings (SSSR count). The summed E-state index contributed by atoms with van der Waals surface area (Å²) in [6.07, 6.45) is 2.03. The molecule has 1 aliphatic heterocycles. The fourth-order valence-corrected chi connectivity index (χ4v) is 5.76. The molecule has 0 radical (unpaired) electrons. The summed E-state index contributed by atoms with van der Waals surface area (Å²) in [6.45, 7) is 7.86. The summed E-state index contributed by atoms with van der Waals surface area (Å²) < 4.78 is 13.8. The minimum atomic E-state index is -0.423. The third kappa shape index (κ3) is 5.97. The zero-order chi connectivity index (χ0) is 25.6. The van der Waals surface area contributed by atoms with Crippen molar-refractivity contribution in [3.05, 3.63) is 70.3 Å². The van der Waals surface area contributed by atoms with Crippen LogP contribution in [0.2, 0.25) is 0 Å². The molecule has 0 aliphatic carbocycles. The van der Waals surface area contributed by atoms with Gasteiger partial charge >= 0.3 is 5.97 Å². The van der Waals surface area contributed by atoms with Crippen molar-refractivity contribution in [3.63, 3.8) is 0 Å². The molecule has 0 amide bonds. The van der Waals surface area contributed by atoms with E-state index in [1.807, 2.05) is 18.2 Å². The molecule has 37 heavy (non-hydrogen) atoms.